The van der Waals surface area contributed by atoms with E-state index in [2.05, 4.69) is 47.9 Å². The van der Waals surface area contributed by atoms with Crippen LogP contribution in [0.15, 0.2) is 42.5 Å². The van der Waals surface area contributed by atoms with Crippen molar-refractivity contribution in [3.63, 3.8) is 0 Å². The first-order valence-electron chi connectivity index (χ1n) is 6.91. The third-order valence-electron chi connectivity index (χ3n) is 3.73. The van der Waals surface area contributed by atoms with Gasteiger partial charge in [-0.15, -0.1) is 0 Å². The lowest BCUT2D eigenvalue weighted by atomic mass is 10.1. The van der Waals surface area contributed by atoms with Gasteiger partial charge >= 0.3 is 0 Å². The van der Waals surface area contributed by atoms with Gasteiger partial charge in [-0.3, -0.25) is 0 Å². The van der Waals surface area contributed by atoms with E-state index in [1.54, 1.807) is 0 Å². The quantitative estimate of drug-likeness (QED) is 0.741. The highest BCUT2D eigenvalue weighted by Gasteiger charge is 2.11. The summed E-state index contributed by atoms with van der Waals surface area (Å²) in [4.78, 5) is 0. The average Bonchev–Trinajstić information content (AvgIpc) is 2.74. The Kier molecular flexibility index (Phi) is 3.03. The van der Waals surface area contributed by atoms with Gasteiger partial charge in [0.05, 0.1) is 6.10 Å². The van der Waals surface area contributed by atoms with Gasteiger partial charge in [-0.05, 0) is 37.1 Å². The smallest absolute Gasteiger partial charge is 0.0762 e. The third kappa shape index (κ3) is 1.92. The van der Waals surface area contributed by atoms with Crippen molar-refractivity contribution in [1.82, 2.24) is 4.57 Å². The molecular weight excluding hydrogens is 234 g/mol. The van der Waals surface area contributed by atoms with Crippen LogP contribution in [0.1, 0.15) is 31.9 Å². The molecule has 2 aromatic carbocycles. The van der Waals surface area contributed by atoms with E-state index in [0.717, 1.165) is 18.5 Å². The number of aryl methyl sites for hydroxylation is 1. The molecule has 1 heterocycles. The molecule has 3 aromatic rings. The summed E-state index contributed by atoms with van der Waals surface area (Å²) in [5, 5.41) is 12.3. The zero-order valence-electron chi connectivity index (χ0n) is 11.4. The standard InChI is InChI=1S/C17H19NO/c1-3-10-18-16-7-5-4-6-14(16)15-11-13(12(2)19)8-9-17(15)18/h4-9,11-12,19H,3,10H2,1-2H3/t12-/m1/s1. The van der Waals surface area contributed by atoms with Crippen LogP contribution in [0.25, 0.3) is 21.8 Å². The Morgan fingerprint density at radius 2 is 1.79 bits per heavy atom. The molecule has 1 atom stereocenters. The number of hydrogen-bond donors (Lipinski definition) is 1. The van der Waals surface area contributed by atoms with E-state index in [1.807, 2.05) is 13.0 Å². The molecule has 0 amide bonds. The summed E-state index contributed by atoms with van der Waals surface area (Å²) >= 11 is 0. The second-order valence-corrected chi connectivity index (χ2v) is 5.12. The summed E-state index contributed by atoms with van der Waals surface area (Å²) in [5.41, 5.74) is 3.52. The highest BCUT2D eigenvalue weighted by Crippen LogP contribution is 2.31. The highest BCUT2D eigenvalue weighted by molar-refractivity contribution is 6.08. The first kappa shape index (κ1) is 12.2. The largest absolute Gasteiger partial charge is 0.389 e. The van der Waals surface area contributed by atoms with Gasteiger partial charge in [-0.1, -0.05) is 31.2 Å². The lowest BCUT2D eigenvalue weighted by molar-refractivity contribution is 0.199. The molecule has 0 fully saturated rings. The Hall–Kier alpha value is -1.80. The number of benzene rings is 2. The summed E-state index contributed by atoms with van der Waals surface area (Å²) < 4.78 is 2.37. The van der Waals surface area contributed by atoms with Crippen molar-refractivity contribution in [2.24, 2.45) is 0 Å². The van der Waals surface area contributed by atoms with Crippen molar-refractivity contribution >= 4 is 21.8 Å². The topological polar surface area (TPSA) is 25.2 Å². The fourth-order valence-corrected chi connectivity index (χ4v) is 2.80. The van der Waals surface area contributed by atoms with E-state index in [0.29, 0.717) is 0 Å². The Morgan fingerprint density at radius 3 is 2.53 bits per heavy atom. The van der Waals surface area contributed by atoms with Crippen molar-refractivity contribution < 1.29 is 5.11 Å². The summed E-state index contributed by atoms with van der Waals surface area (Å²) in [7, 11) is 0. The van der Waals surface area contributed by atoms with Gasteiger partial charge in [0.15, 0.2) is 0 Å². The maximum absolute atomic E-state index is 9.76. The molecule has 3 rings (SSSR count). The van der Waals surface area contributed by atoms with E-state index in [4.69, 9.17) is 0 Å². The first-order chi connectivity index (χ1) is 9.22. The van der Waals surface area contributed by atoms with E-state index in [9.17, 15) is 5.11 Å². The number of hydrogen-bond acceptors (Lipinski definition) is 1. The predicted molar refractivity (Wildman–Crippen MR) is 80.4 cm³/mol. The van der Waals surface area contributed by atoms with Crippen molar-refractivity contribution in [2.45, 2.75) is 32.9 Å². The van der Waals surface area contributed by atoms with Crippen molar-refractivity contribution in [1.29, 1.82) is 0 Å². The van der Waals surface area contributed by atoms with Crippen LogP contribution >= 0.6 is 0 Å². The van der Waals surface area contributed by atoms with Crippen LogP contribution in [0.3, 0.4) is 0 Å². The zero-order chi connectivity index (χ0) is 13.4. The lowest BCUT2D eigenvalue weighted by Gasteiger charge is -2.07. The molecule has 0 aliphatic rings. The summed E-state index contributed by atoms with van der Waals surface area (Å²) in [6.45, 7) is 5.04. The highest BCUT2D eigenvalue weighted by atomic mass is 16.3. The maximum Gasteiger partial charge on any atom is 0.0762 e. The number of aliphatic hydroxyl groups is 1. The minimum atomic E-state index is -0.419. The molecule has 1 aromatic heterocycles. The third-order valence-corrected chi connectivity index (χ3v) is 3.73. The second-order valence-electron chi connectivity index (χ2n) is 5.12. The summed E-state index contributed by atoms with van der Waals surface area (Å²) in [6.07, 6.45) is 0.698. The van der Waals surface area contributed by atoms with Gasteiger partial charge in [0.25, 0.3) is 0 Å². The van der Waals surface area contributed by atoms with Crippen LogP contribution in [-0.4, -0.2) is 9.67 Å². The van der Waals surface area contributed by atoms with Crippen LogP contribution in [0.5, 0.6) is 0 Å². The number of fused-ring (bicyclic) bond motifs is 3. The first-order valence-corrected chi connectivity index (χ1v) is 6.91. The SMILES string of the molecule is CCCn1c2ccccc2c2cc([C@@H](C)O)ccc21. The monoisotopic (exact) mass is 253 g/mol. The van der Waals surface area contributed by atoms with Gasteiger partial charge in [0.2, 0.25) is 0 Å². The second kappa shape index (κ2) is 4.71. The molecule has 19 heavy (non-hydrogen) atoms. The fourth-order valence-electron chi connectivity index (χ4n) is 2.80. The maximum atomic E-state index is 9.76. The van der Waals surface area contributed by atoms with Crippen LogP contribution in [-0.2, 0) is 6.54 Å². The molecule has 0 bridgehead atoms. The molecule has 0 aliphatic heterocycles. The Labute approximate surface area is 113 Å². The molecule has 0 saturated carbocycles. The van der Waals surface area contributed by atoms with Crippen LogP contribution in [0.4, 0.5) is 0 Å². The molecule has 0 unspecified atom stereocenters. The minimum absolute atomic E-state index is 0.419. The molecule has 0 aliphatic carbocycles. The molecule has 0 radical (unpaired) electrons. The Bertz CT molecular complexity index is 725. The van der Waals surface area contributed by atoms with Crippen LogP contribution < -0.4 is 0 Å². The van der Waals surface area contributed by atoms with Gasteiger partial charge in [-0.2, -0.15) is 0 Å². The van der Waals surface area contributed by atoms with E-state index in [1.165, 1.54) is 21.8 Å². The lowest BCUT2D eigenvalue weighted by Crippen LogP contribution is -1.96. The normalized spacial score (nSPS) is 13.2. The molecule has 0 spiro atoms. The summed E-state index contributed by atoms with van der Waals surface area (Å²) in [5.74, 6) is 0. The molecular formula is C17H19NO. The van der Waals surface area contributed by atoms with Gasteiger partial charge in [-0.25, -0.2) is 0 Å². The predicted octanol–water partition coefficient (Wildman–Crippen LogP) is 4.26. The van der Waals surface area contributed by atoms with Crippen molar-refractivity contribution in [3.05, 3.63) is 48.0 Å². The number of rotatable bonds is 3. The Balaban J connectivity index is 2.38. The van der Waals surface area contributed by atoms with Gasteiger partial charge in [0, 0.05) is 28.4 Å². The van der Waals surface area contributed by atoms with Crippen molar-refractivity contribution in [2.75, 3.05) is 0 Å². The fraction of sp³-hybridized carbons (Fsp3) is 0.294. The molecule has 0 saturated heterocycles. The van der Waals surface area contributed by atoms with Crippen LogP contribution in [0, 0.1) is 0 Å². The van der Waals surface area contributed by atoms with Crippen molar-refractivity contribution in [3.8, 4) is 0 Å². The minimum Gasteiger partial charge on any atom is -0.389 e. The summed E-state index contributed by atoms with van der Waals surface area (Å²) in [6, 6.07) is 14.8. The molecule has 2 heteroatoms. The van der Waals surface area contributed by atoms with E-state index < -0.39 is 6.10 Å². The molecule has 1 N–H and O–H groups in total. The number of para-hydroxylation sites is 1. The average molecular weight is 253 g/mol. The van der Waals surface area contributed by atoms with Gasteiger partial charge in [0.1, 0.15) is 0 Å². The van der Waals surface area contributed by atoms with E-state index >= 15 is 0 Å². The van der Waals surface area contributed by atoms with Crippen LogP contribution in [0.2, 0.25) is 0 Å². The number of nitrogens with zero attached hydrogens (tertiary/aromatic N) is 1. The Morgan fingerprint density at radius 1 is 1.05 bits per heavy atom. The number of aromatic nitrogens is 1. The van der Waals surface area contributed by atoms with E-state index in [-0.39, 0.29) is 0 Å². The molecule has 2 nitrogen and oxygen atoms in total. The molecule has 98 valence electrons. The number of aliphatic hydroxyl groups excluding tert-OH is 1. The zero-order valence-corrected chi connectivity index (χ0v) is 11.4. The van der Waals surface area contributed by atoms with Gasteiger partial charge < -0.3 is 9.67 Å².